The summed E-state index contributed by atoms with van der Waals surface area (Å²) < 4.78 is 56.0. The maximum Gasteiger partial charge on any atom is 0.266 e. The van der Waals surface area contributed by atoms with Gasteiger partial charge in [0.1, 0.15) is 52.0 Å². The summed E-state index contributed by atoms with van der Waals surface area (Å²) in [5.74, 6) is -10.4. The first kappa shape index (κ1) is 76.5. The Morgan fingerprint density at radius 1 is 0.745 bits per heavy atom. The second-order valence-electron chi connectivity index (χ2n) is 25.4. The van der Waals surface area contributed by atoms with Gasteiger partial charge in [0.15, 0.2) is 17.3 Å². The number of nitrogens with one attached hydrogen (secondary N) is 6. The number of phenols is 1. The van der Waals surface area contributed by atoms with Gasteiger partial charge in [0.05, 0.1) is 62.5 Å². The Bertz CT molecular complexity index is 3350. The third-order valence-electron chi connectivity index (χ3n) is 17.2. The van der Waals surface area contributed by atoms with Crippen molar-refractivity contribution in [1.29, 1.82) is 0 Å². The van der Waals surface area contributed by atoms with Crippen LogP contribution in [0.5, 0.6) is 17.2 Å². The van der Waals surface area contributed by atoms with Crippen molar-refractivity contribution >= 4 is 63.8 Å². The zero-order valence-corrected chi connectivity index (χ0v) is 56.6. The van der Waals surface area contributed by atoms with E-state index in [9.17, 15) is 78.2 Å². The van der Waals surface area contributed by atoms with Crippen molar-refractivity contribution in [2.24, 2.45) is 5.92 Å². The summed E-state index contributed by atoms with van der Waals surface area (Å²) in [5.41, 5.74) is 1.34. The number of carbonyl (C=O) groups is 7. The van der Waals surface area contributed by atoms with Crippen LogP contribution in [0.2, 0.25) is 0 Å². The van der Waals surface area contributed by atoms with E-state index in [1.807, 2.05) is 24.3 Å². The van der Waals surface area contributed by atoms with E-state index in [4.69, 9.17) is 18.9 Å². The third kappa shape index (κ3) is 20.9. The first-order chi connectivity index (χ1) is 46.5. The molecule has 98 heavy (non-hydrogen) atoms. The topological polar surface area (TPSA) is 472 Å². The zero-order chi connectivity index (χ0) is 71.2. The van der Waals surface area contributed by atoms with Crippen molar-refractivity contribution < 1.29 is 106 Å². The van der Waals surface area contributed by atoms with E-state index in [-0.39, 0.29) is 43.9 Å². The molecule has 0 aliphatic carbocycles. The number of rotatable bonds is 24. The van der Waals surface area contributed by atoms with Crippen LogP contribution in [-0.2, 0) is 49.4 Å². The first-order valence-electron chi connectivity index (χ1n) is 32.4. The molecular formula is C64H90N10O22S2. The quantitative estimate of drug-likeness (QED) is 0.0415. The van der Waals surface area contributed by atoms with E-state index < -0.39 is 187 Å². The standard InChI is InChI=1S/C64H90N10O22S2/c1-34-30-74-53(54(34)81)59(86)66-29-41(76)27-44(67-55(82)37-12-14-38(15-13-37)60-71-72-61(97-60)39-16-18-43(19-17-39)93-24-10-8-6-7-9-23-92-5)56(83)68-50(35(2)75)62(87)73-31-42(77)28-45(73)57(84)69-51(48(80)25-36-11-20-46(78)49(26-36)96-98(89,90)91)58(85)70-52(63(74)88)47(79)21-22-65-40-32-94-64(3,4)95-33-40/h11-20,26,34-35,40-42,44-45,47-48,50-54,65,75-81,89-91H,6-10,21-25,27-33H2,1-5H3,(H,66,86)(H,67,82)(H,68,83)(H,69,84)(H,70,85)/t34-,35+,41+,42+,44?,45-,47+,48+,50-,51-,52-,53-,54-/m0/s1. The molecule has 13 atom stereocenters. The largest absolute Gasteiger partial charge is 0.504 e. The molecule has 540 valence electrons. The van der Waals surface area contributed by atoms with Crippen molar-refractivity contribution in [3.63, 3.8) is 0 Å². The van der Waals surface area contributed by atoms with Gasteiger partial charge >= 0.3 is 0 Å². The van der Waals surface area contributed by atoms with Crippen LogP contribution in [0.4, 0.5) is 0 Å². The average Bonchev–Trinajstić information content (AvgIpc) is 1.61. The van der Waals surface area contributed by atoms with Crippen LogP contribution in [0.15, 0.2) is 66.7 Å². The number of hydrogen-bond donors (Lipinski definition) is 16. The summed E-state index contributed by atoms with van der Waals surface area (Å²) in [4.78, 5) is 104. The fourth-order valence-corrected chi connectivity index (χ4v) is 13.0. The van der Waals surface area contributed by atoms with Gasteiger partial charge in [-0.05, 0) is 101 Å². The molecule has 4 aromatic rings. The van der Waals surface area contributed by atoms with Gasteiger partial charge in [-0.15, -0.1) is 10.2 Å². The number of amides is 7. The number of unbranched alkanes of at least 4 members (excludes halogenated alkanes) is 4. The van der Waals surface area contributed by atoms with Gasteiger partial charge in [-0.25, -0.2) is 0 Å². The molecule has 4 saturated heterocycles. The molecule has 8 rings (SSSR count). The first-order valence-corrected chi connectivity index (χ1v) is 34.6. The second kappa shape index (κ2) is 34.7. The lowest BCUT2D eigenvalue weighted by Gasteiger charge is -2.36. The minimum atomic E-state index is -4.73. The highest BCUT2D eigenvalue weighted by Crippen LogP contribution is 2.41. The number of carbonyl (C=O) groups excluding carboxylic acids is 7. The highest BCUT2D eigenvalue weighted by molar-refractivity contribution is 8.15. The smallest absolute Gasteiger partial charge is 0.266 e. The lowest BCUT2D eigenvalue weighted by Crippen LogP contribution is -2.64. The number of hydrogen-bond acceptors (Lipinski definition) is 26. The van der Waals surface area contributed by atoms with Gasteiger partial charge in [-0.1, -0.05) is 55.7 Å². The Kier molecular flexibility index (Phi) is 27.1. The van der Waals surface area contributed by atoms with E-state index in [0.717, 1.165) is 73.1 Å². The molecule has 5 heterocycles. The summed E-state index contributed by atoms with van der Waals surface area (Å²) in [5, 5.41) is 105. The Labute approximate surface area is 571 Å². The molecule has 1 aromatic heterocycles. The normalized spacial score (nSPS) is 25.9. The summed E-state index contributed by atoms with van der Waals surface area (Å²) in [7, 11) is 1.69. The number of phenolic OH excluding ortho intramolecular Hbond substituents is 1. The van der Waals surface area contributed by atoms with E-state index in [1.54, 1.807) is 33.1 Å². The molecule has 0 radical (unpaired) electrons. The molecule has 3 aromatic carbocycles. The molecule has 4 aliphatic heterocycles. The van der Waals surface area contributed by atoms with Crippen molar-refractivity contribution in [2.75, 3.05) is 59.7 Å². The Morgan fingerprint density at radius 3 is 2.00 bits per heavy atom. The predicted octanol–water partition coefficient (Wildman–Crippen LogP) is 0.151. The van der Waals surface area contributed by atoms with Gasteiger partial charge in [0.2, 0.25) is 35.4 Å². The number of methoxy groups -OCH3 is 1. The monoisotopic (exact) mass is 1410 g/mol. The summed E-state index contributed by atoms with van der Waals surface area (Å²) in [6.45, 7) is 6.09. The summed E-state index contributed by atoms with van der Waals surface area (Å²) >= 11 is -3.44. The maximum absolute atomic E-state index is 15.1. The molecule has 4 aliphatic rings. The lowest BCUT2D eigenvalue weighted by molar-refractivity contribution is -0.252. The molecule has 32 nitrogen and oxygen atoms in total. The highest BCUT2D eigenvalue weighted by atomic mass is 32.3. The molecule has 4 fully saturated rings. The van der Waals surface area contributed by atoms with Crippen molar-refractivity contribution in [1.82, 2.24) is 51.9 Å². The number of ether oxygens (including phenoxy) is 4. The molecule has 16 N–H and O–H groups in total. The van der Waals surface area contributed by atoms with Gasteiger partial charge < -0.3 is 101 Å². The van der Waals surface area contributed by atoms with Gasteiger partial charge in [-0.2, -0.15) is 0 Å². The molecule has 34 heteroatoms. The Balaban J connectivity index is 1.06. The fraction of sp³-hybridized carbons (Fsp3) is 0.578. The highest BCUT2D eigenvalue weighted by Gasteiger charge is 2.50. The van der Waals surface area contributed by atoms with Crippen LogP contribution in [-0.4, -0.2) is 255 Å². The van der Waals surface area contributed by atoms with Gasteiger partial charge in [-0.3, -0.25) is 47.2 Å². The predicted molar refractivity (Wildman–Crippen MR) is 353 cm³/mol. The molecule has 1 unspecified atom stereocenters. The third-order valence-corrected chi connectivity index (χ3v) is 18.7. The molecule has 0 saturated carbocycles. The Hall–Kier alpha value is -7.26. The van der Waals surface area contributed by atoms with Crippen LogP contribution in [0, 0.1) is 5.92 Å². The zero-order valence-electron chi connectivity index (χ0n) is 54.9. The number of nitrogens with zero attached hydrogens (tertiary/aromatic N) is 4. The van der Waals surface area contributed by atoms with E-state index in [1.165, 1.54) is 36.5 Å². The molecular weight excluding hydrogens is 1320 g/mol. The van der Waals surface area contributed by atoms with Crippen LogP contribution in [0.25, 0.3) is 21.1 Å². The van der Waals surface area contributed by atoms with Crippen LogP contribution in [0.3, 0.4) is 0 Å². The summed E-state index contributed by atoms with van der Waals surface area (Å²) in [6.07, 6.45) is -7.50. The molecule has 7 amide bonds. The van der Waals surface area contributed by atoms with Crippen molar-refractivity contribution in [3.8, 4) is 38.4 Å². The molecule has 0 bridgehead atoms. The van der Waals surface area contributed by atoms with E-state index in [2.05, 4.69) is 46.3 Å². The van der Waals surface area contributed by atoms with E-state index in [0.29, 0.717) is 27.9 Å². The minimum Gasteiger partial charge on any atom is -0.504 e. The molecule has 0 spiro atoms. The number of fused-ring (bicyclic) bond motifs is 2. The fourth-order valence-electron chi connectivity index (χ4n) is 11.8. The summed E-state index contributed by atoms with van der Waals surface area (Å²) in [6, 6.07) is 4.77. The van der Waals surface area contributed by atoms with Crippen LogP contribution >= 0.6 is 22.5 Å². The van der Waals surface area contributed by atoms with Crippen molar-refractivity contribution in [3.05, 3.63) is 77.9 Å². The van der Waals surface area contributed by atoms with Gasteiger partial charge in [0.25, 0.3) is 17.1 Å². The van der Waals surface area contributed by atoms with Gasteiger partial charge in [0, 0.05) is 75.2 Å². The number of aromatic hydroxyl groups is 1. The number of aromatic nitrogens is 2. The number of benzene rings is 3. The number of β-amino-alcohol motifs (C(OH)–C–C–N with tert-alkyl or cyclic N) is 1. The lowest BCUT2D eigenvalue weighted by atomic mass is 9.98. The van der Waals surface area contributed by atoms with Crippen LogP contribution < -0.4 is 40.8 Å². The maximum atomic E-state index is 15.1. The average molecular weight is 1420 g/mol. The second-order valence-corrected chi connectivity index (χ2v) is 27.5. The Morgan fingerprint density at radius 2 is 1.36 bits per heavy atom. The number of aliphatic hydroxyl groups excluding tert-OH is 6. The van der Waals surface area contributed by atoms with Crippen molar-refractivity contribution in [2.45, 2.75) is 170 Å². The SMILES string of the molecule is COCCCCCCCOc1ccc(-c2nnc(-c3ccc(C(=O)NC4C[C@@H](O)CNC(=O)[C@@H]5[C@@H](O)[C@@H](C)CN5C(=O)[C@H]([C@H](O)CCNC5COC(C)(C)OC5)NC(=O)[C@H]([C@H](O)Cc5ccc(O)c(OS(O)(O)O)c5)NC(=O)[C@@H]5C[C@@H](O)CN5C(=O)[C@H]([C@@H](C)O)NC4=O)cc3)s2)cc1. The minimum absolute atomic E-state index is 0.00721. The number of aliphatic hydroxyl groups is 6. The van der Waals surface area contributed by atoms with Crippen LogP contribution in [0.1, 0.15) is 95.0 Å². The van der Waals surface area contributed by atoms with E-state index >= 15 is 4.79 Å².